The molecule has 0 spiro atoms. The lowest BCUT2D eigenvalue weighted by Crippen LogP contribution is -2.38. The minimum atomic E-state index is -0.381. The van der Waals surface area contributed by atoms with Crippen LogP contribution in [0.1, 0.15) is 22.5 Å². The highest BCUT2D eigenvalue weighted by Gasteiger charge is 2.28. The highest BCUT2D eigenvalue weighted by atomic mass is 19.1. The lowest BCUT2D eigenvalue weighted by Gasteiger charge is -2.27. The maximum atomic E-state index is 13.3. The van der Waals surface area contributed by atoms with Crippen LogP contribution in [0.15, 0.2) is 55.0 Å². The van der Waals surface area contributed by atoms with Gasteiger partial charge in [-0.05, 0) is 55.8 Å². The Kier molecular flexibility index (Phi) is 4.93. The highest BCUT2D eigenvalue weighted by Crippen LogP contribution is 2.32. The SMILES string of the molecule is COc1cc(-c2nnc3n2CCCN3C(=O)c2ccc(F)cc2)ccc1-n1cnc(C)c1. The van der Waals surface area contributed by atoms with Gasteiger partial charge in [0, 0.05) is 30.4 Å². The predicted molar refractivity (Wildman–Crippen MR) is 117 cm³/mol. The number of aryl methyl sites for hydroxylation is 1. The summed E-state index contributed by atoms with van der Waals surface area (Å²) in [4.78, 5) is 18.9. The molecule has 0 N–H and O–H groups in total. The van der Waals surface area contributed by atoms with Gasteiger partial charge in [0.05, 0.1) is 24.8 Å². The number of aromatic nitrogens is 5. The Balaban J connectivity index is 1.50. The van der Waals surface area contributed by atoms with Crippen molar-refractivity contribution >= 4 is 11.9 Å². The summed E-state index contributed by atoms with van der Waals surface area (Å²) in [7, 11) is 1.62. The van der Waals surface area contributed by atoms with E-state index in [1.807, 2.05) is 40.5 Å². The summed E-state index contributed by atoms with van der Waals surface area (Å²) in [5.41, 5.74) is 3.01. The molecule has 2 aromatic carbocycles. The first-order valence-corrected chi connectivity index (χ1v) is 10.2. The topological polar surface area (TPSA) is 78.1 Å². The Morgan fingerprint density at radius 1 is 1.09 bits per heavy atom. The third kappa shape index (κ3) is 3.41. The number of carbonyl (C=O) groups excluding carboxylic acids is 1. The third-order valence-corrected chi connectivity index (χ3v) is 5.50. The molecule has 3 heterocycles. The first kappa shape index (κ1) is 19.9. The molecule has 2 aromatic heterocycles. The molecule has 162 valence electrons. The van der Waals surface area contributed by atoms with Gasteiger partial charge in [-0.25, -0.2) is 9.37 Å². The van der Waals surface area contributed by atoms with Gasteiger partial charge in [-0.15, -0.1) is 10.2 Å². The van der Waals surface area contributed by atoms with Crippen molar-refractivity contribution in [3.05, 3.63) is 72.1 Å². The molecule has 0 unspecified atom stereocenters. The second-order valence-electron chi connectivity index (χ2n) is 7.60. The number of hydrogen-bond donors (Lipinski definition) is 0. The van der Waals surface area contributed by atoms with Crippen LogP contribution < -0.4 is 9.64 Å². The summed E-state index contributed by atoms with van der Waals surface area (Å²) in [5, 5.41) is 8.68. The van der Waals surface area contributed by atoms with Crippen LogP contribution in [0.2, 0.25) is 0 Å². The monoisotopic (exact) mass is 432 g/mol. The number of benzene rings is 2. The molecule has 1 amide bonds. The van der Waals surface area contributed by atoms with Crippen LogP contribution in [0.25, 0.3) is 17.1 Å². The van der Waals surface area contributed by atoms with Gasteiger partial charge < -0.3 is 9.30 Å². The fraction of sp³-hybridized carbons (Fsp3) is 0.217. The molecule has 0 bridgehead atoms. The van der Waals surface area contributed by atoms with Crippen LogP contribution in [0.4, 0.5) is 10.3 Å². The normalized spacial score (nSPS) is 13.2. The molecule has 0 radical (unpaired) electrons. The molecule has 8 nitrogen and oxygen atoms in total. The van der Waals surface area contributed by atoms with Gasteiger partial charge >= 0.3 is 0 Å². The minimum Gasteiger partial charge on any atom is -0.495 e. The fourth-order valence-electron chi connectivity index (χ4n) is 3.92. The second kappa shape index (κ2) is 7.92. The highest BCUT2D eigenvalue weighted by molar-refractivity contribution is 6.05. The van der Waals surface area contributed by atoms with Gasteiger partial charge in [0.25, 0.3) is 5.91 Å². The lowest BCUT2D eigenvalue weighted by molar-refractivity contribution is 0.0981. The molecule has 0 saturated heterocycles. The van der Waals surface area contributed by atoms with Gasteiger partial charge in [-0.2, -0.15) is 0 Å². The van der Waals surface area contributed by atoms with E-state index in [2.05, 4.69) is 15.2 Å². The van der Waals surface area contributed by atoms with E-state index in [1.165, 1.54) is 24.3 Å². The van der Waals surface area contributed by atoms with Crippen molar-refractivity contribution < 1.29 is 13.9 Å². The standard InChI is InChI=1S/C23H21FN6O2/c1-15-13-28(14-25-15)19-9-6-17(12-20(19)32-2)21-26-27-23-29(21)10-3-11-30(23)22(31)16-4-7-18(24)8-5-16/h4-9,12-14H,3,10-11H2,1-2H3. The van der Waals surface area contributed by atoms with Crippen LogP contribution in [0, 0.1) is 12.7 Å². The van der Waals surface area contributed by atoms with Crippen LogP contribution in [0.3, 0.4) is 0 Å². The van der Waals surface area contributed by atoms with Gasteiger partial charge in [-0.1, -0.05) is 0 Å². The summed E-state index contributed by atoms with van der Waals surface area (Å²) >= 11 is 0. The first-order chi connectivity index (χ1) is 15.5. The Morgan fingerprint density at radius 3 is 2.62 bits per heavy atom. The number of hydrogen-bond acceptors (Lipinski definition) is 5. The van der Waals surface area contributed by atoms with E-state index in [0.29, 0.717) is 36.2 Å². The van der Waals surface area contributed by atoms with Crippen LogP contribution >= 0.6 is 0 Å². The van der Waals surface area contributed by atoms with Gasteiger partial charge in [0.15, 0.2) is 5.82 Å². The van der Waals surface area contributed by atoms with Crippen molar-refractivity contribution in [3.8, 4) is 22.8 Å². The second-order valence-corrected chi connectivity index (χ2v) is 7.60. The van der Waals surface area contributed by atoms with Crippen molar-refractivity contribution in [3.63, 3.8) is 0 Å². The quantitative estimate of drug-likeness (QED) is 0.492. The van der Waals surface area contributed by atoms with Crippen LogP contribution in [0.5, 0.6) is 5.75 Å². The Bertz CT molecular complexity index is 1290. The van der Waals surface area contributed by atoms with Gasteiger partial charge in [-0.3, -0.25) is 14.3 Å². The molecular formula is C23H21FN6O2. The summed E-state index contributed by atoms with van der Waals surface area (Å²) in [5.74, 6) is 1.20. The molecule has 0 saturated carbocycles. The number of anilines is 1. The van der Waals surface area contributed by atoms with Gasteiger partial charge in [0.2, 0.25) is 5.95 Å². The molecule has 0 atom stereocenters. The zero-order chi connectivity index (χ0) is 22.2. The average Bonchev–Trinajstić information content (AvgIpc) is 3.45. The van der Waals surface area contributed by atoms with E-state index in [0.717, 1.165) is 23.4 Å². The maximum Gasteiger partial charge on any atom is 0.260 e. The Morgan fingerprint density at radius 2 is 1.91 bits per heavy atom. The van der Waals surface area contributed by atoms with E-state index in [9.17, 15) is 9.18 Å². The molecule has 0 fully saturated rings. The number of imidazole rings is 1. The number of carbonyl (C=O) groups is 1. The third-order valence-electron chi connectivity index (χ3n) is 5.50. The lowest BCUT2D eigenvalue weighted by atomic mass is 10.1. The summed E-state index contributed by atoms with van der Waals surface area (Å²) in [6, 6.07) is 11.3. The zero-order valence-corrected chi connectivity index (χ0v) is 17.7. The smallest absolute Gasteiger partial charge is 0.260 e. The maximum absolute atomic E-state index is 13.3. The van der Waals surface area contributed by atoms with E-state index >= 15 is 0 Å². The molecule has 4 aromatic rings. The summed E-state index contributed by atoms with van der Waals surface area (Å²) in [6.45, 7) is 3.14. The van der Waals surface area contributed by atoms with Crippen LogP contribution in [-0.4, -0.2) is 43.9 Å². The molecule has 1 aliphatic heterocycles. The number of nitrogens with zero attached hydrogens (tertiary/aromatic N) is 6. The molecule has 32 heavy (non-hydrogen) atoms. The van der Waals surface area contributed by atoms with E-state index in [4.69, 9.17) is 4.74 Å². The Labute approximate surface area is 183 Å². The average molecular weight is 432 g/mol. The Hall–Kier alpha value is -4.01. The molecule has 5 rings (SSSR count). The number of fused-ring (bicyclic) bond motifs is 1. The first-order valence-electron chi connectivity index (χ1n) is 10.2. The number of amides is 1. The van der Waals surface area contributed by atoms with E-state index in [-0.39, 0.29) is 11.7 Å². The van der Waals surface area contributed by atoms with Crippen LogP contribution in [-0.2, 0) is 6.54 Å². The van der Waals surface area contributed by atoms with Crippen molar-refractivity contribution in [1.82, 2.24) is 24.3 Å². The fourth-order valence-corrected chi connectivity index (χ4v) is 3.92. The number of methoxy groups -OCH3 is 1. The molecule has 1 aliphatic rings. The number of rotatable bonds is 4. The predicted octanol–water partition coefficient (Wildman–Crippen LogP) is 3.64. The van der Waals surface area contributed by atoms with Gasteiger partial charge in [0.1, 0.15) is 11.6 Å². The van der Waals surface area contributed by atoms with Crippen molar-refractivity contribution in [2.75, 3.05) is 18.6 Å². The summed E-state index contributed by atoms with van der Waals surface area (Å²) < 4.78 is 22.7. The van der Waals surface area contributed by atoms with Crippen molar-refractivity contribution in [2.24, 2.45) is 0 Å². The number of halogens is 1. The largest absolute Gasteiger partial charge is 0.495 e. The van der Waals surface area contributed by atoms with Crippen molar-refractivity contribution in [1.29, 1.82) is 0 Å². The molecule has 9 heteroatoms. The van der Waals surface area contributed by atoms with Crippen molar-refractivity contribution in [2.45, 2.75) is 19.9 Å². The van der Waals surface area contributed by atoms with E-state index < -0.39 is 0 Å². The molecular weight excluding hydrogens is 411 g/mol. The molecule has 0 aliphatic carbocycles. The summed E-state index contributed by atoms with van der Waals surface area (Å²) in [6.07, 6.45) is 4.43. The zero-order valence-electron chi connectivity index (χ0n) is 17.7. The van der Waals surface area contributed by atoms with E-state index in [1.54, 1.807) is 18.3 Å². The minimum absolute atomic E-state index is 0.228. The number of ether oxygens (including phenoxy) is 1.